The molecule has 2 aromatic heterocycles. The highest BCUT2D eigenvalue weighted by Gasteiger charge is 2.17. The van der Waals surface area contributed by atoms with E-state index in [-0.39, 0.29) is 11.7 Å². The van der Waals surface area contributed by atoms with Gasteiger partial charge in [-0.1, -0.05) is 24.8 Å². The summed E-state index contributed by atoms with van der Waals surface area (Å²) < 4.78 is 12.6. The molecule has 1 aromatic carbocycles. The lowest BCUT2D eigenvalue weighted by molar-refractivity contribution is -0.113. The topological polar surface area (TPSA) is 82.2 Å². The molecule has 0 saturated carbocycles. The number of methoxy groups -OCH3 is 1. The van der Waals surface area contributed by atoms with E-state index < -0.39 is 0 Å². The molecule has 0 bridgehead atoms. The molecule has 3 aromatic rings. The SMILES string of the molecule is CCCn1c(SCC(=O)Nc2cccc(OC)c2)nnc1-c1ccoc1C. The largest absolute Gasteiger partial charge is 0.497 e. The Morgan fingerprint density at radius 1 is 1.33 bits per heavy atom. The van der Waals surface area contributed by atoms with Crippen LogP contribution in [0, 0.1) is 6.92 Å². The second kappa shape index (κ2) is 8.77. The number of carbonyl (C=O) groups is 1. The van der Waals surface area contributed by atoms with E-state index >= 15 is 0 Å². The predicted octanol–water partition coefficient (Wildman–Crippen LogP) is 4.00. The standard InChI is InChI=1S/C19H22N4O3S/c1-4-9-23-18(16-8-10-26-13(16)2)21-22-19(23)27-12-17(24)20-14-6-5-7-15(11-14)25-3/h5-8,10-11H,4,9,12H2,1-3H3,(H,20,24). The second-order valence-corrected chi connectivity index (χ2v) is 6.86. The first-order valence-electron chi connectivity index (χ1n) is 8.66. The maximum Gasteiger partial charge on any atom is 0.234 e. The lowest BCUT2D eigenvalue weighted by Crippen LogP contribution is -2.14. The van der Waals surface area contributed by atoms with Crippen molar-refractivity contribution >= 4 is 23.4 Å². The number of hydrogen-bond donors (Lipinski definition) is 1. The number of hydrogen-bond acceptors (Lipinski definition) is 6. The number of nitrogens with zero attached hydrogens (tertiary/aromatic N) is 3. The summed E-state index contributed by atoms with van der Waals surface area (Å²) in [6.07, 6.45) is 2.58. The summed E-state index contributed by atoms with van der Waals surface area (Å²) in [5.74, 6) is 2.39. The van der Waals surface area contributed by atoms with Crippen molar-refractivity contribution in [3.05, 3.63) is 42.4 Å². The van der Waals surface area contributed by atoms with Gasteiger partial charge in [-0.3, -0.25) is 4.79 Å². The van der Waals surface area contributed by atoms with Crippen molar-refractivity contribution in [2.75, 3.05) is 18.2 Å². The number of benzene rings is 1. The van der Waals surface area contributed by atoms with Crippen molar-refractivity contribution in [1.82, 2.24) is 14.8 Å². The number of amides is 1. The van der Waals surface area contributed by atoms with Gasteiger partial charge in [0.2, 0.25) is 5.91 Å². The minimum absolute atomic E-state index is 0.111. The van der Waals surface area contributed by atoms with E-state index in [1.807, 2.05) is 35.8 Å². The summed E-state index contributed by atoms with van der Waals surface area (Å²) in [6, 6.07) is 9.15. The van der Waals surface area contributed by atoms with E-state index in [0.29, 0.717) is 16.6 Å². The first-order valence-corrected chi connectivity index (χ1v) is 9.65. The van der Waals surface area contributed by atoms with Crippen LogP contribution in [0.3, 0.4) is 0 Å². The van der Waals surface area contributed by atoms with Gasteiger partial charge in [0.1, 0.15) is 11.5 Å². The van der Waals surface area contributed by atoms with Crippen molar-refractivity contribution in [3.63, 3.8) is 0 Å². The average Bonchev–Trinajstić information content (AvgIpc) is 3.26. The second-order valence-electron chi connectivity index (χ2n) is 5.92. The number of carbonyl (C=O) groups excluding carboxylic acids is 1. The van der Waals surface area contributed by atoms with Crippen LogP contribution in [0.1, 0.15) is 19.1 Å². The first kappa shape index (κ1) is 19.0. The number of nitrogens with one attached hydrogen (secondary N) is 1. The summed E-state index contributed by atoms with van der Waals surface area (Å²) in [5.41, 5.74) is 1.62. The Labute approximate surface area is 162 Å². The van der Waals surface area contributed by atoms with Gasteiger partial charge < -0.3 is 19.0 Å². The third kappa shape index (κ3) is 4.51. The Morgan fingerprint density at radius 2 is 2.19 bits per heavy atom. The lowest BCUT2D eigenvalue weighted by atomic mass is 10.2. The fraction of sp³-hybridized carbons (Fsp3) is 0.316. The quantitative estimate of drug-likeness (QED) is 0.589. The molecule has 0 aliphatic heterocycles. The molecular weight excluding hydrogens is 364 g/mol. The van der Waals surface area contributed by atoms with Gasteiger partial charge in [0.25, 0.3) is 0 Å². The van der Waals surface area contributed by atoms with Crippen molar-refractivity contribution < 1.29 is 13.9 Å². The van der Waals surface area contributed by atoms with Crippen LogP contribution < -0.4 is 10.1 Å². The number of aromatic nitrogens is 3. The fourth-order valence-corrected chi connectivity index (χ4v) is 3.43. The Hall–Kier alpha value is -2.74. The van der Waals surface area contributed by atoms with Gasteiger partial charge in [-0.15, -0.1) is 10.2 Å². The average molecular weight is 386 g/mol. The lowest BCUT2D eigenvalue weighted by Gasteiger charge is -2.09. The highest BCUT2D eigenvalue weighted by Crippen LogP contribution is 2.27. The van der Waals surface area contributed by atoms with E-state index in [1.165, 1.54) is 11.8 Å². The smallest absolute Gasteiger partial charge is 0.234 e. The highest BCUT2D eigenvalue weighted by atomic mass is 32.2. The maximum atomic E-state index is 12.3. The zero-order valence-corrected chi connectivity index (χ0v) is 16.4. The number of ether oxygens (including phenoxy) is 1. The van der Waals surface area contributed by atoms with E-state index in [0.717, 1.165) is 30.1 Å². The molecule has 142 valence electrons. The molecule has 0 saturated heterocycles. The zero-order valence-electron chi connectivity index (χ0n) is 15.6. The van der Waals surface area contributed by atoms with Crippen LogP contribution in [0.25, 0.3) is 11.4 Å². The van der Waals surface area contributed by atoms with E-state index in [1.54, 1.807) is 19.4 Å². The molecule has 0 spiro atoms. The van der Waals surface area contributed by atoms with Crippen molar-refractivity contribution in [3.8, 4) is 17.1 Å². The molecule has 0 aliphatic carbocycles. The molecule has 7 nitrogen and oxygen atoms in total. The third-order valence-corrected chi connectivity index (χ3v) is 4.92. The van der Waals surface area contributed by atoms with Crippen LogP contribution in [-0.2, 0) is 11.3 Å². The molecule has 0 fully saturated rings. The molecule has 0 unspecified atom stereocenters. The molecular formula is C19H22N4O3S. The van der Waals surface area contributed by atoms with Crippen LogP contribution in [0.2, 0.25) is 0 Å². The van der Waals surface area contributed by atoms with Gasteiger partial charge in [-0.05, 0) is 31.5 Å². The summed E-state index contributed by atoms with van der Waals surface area (Å²) >= 11 is 1.36. The molecule has 0 radical (unpaired) electrons. The van der Waals surface area contributed by atoms with Gasteiger partial charge in [0.05, 0.1) is 24.7 Å². The summed E-state index contributed by atoms with van der Waals surface area (Å²) in [7, 11) is 1.59. The Bertz CT molecular complexity index is 919. The van der Waals surface area contributed by atoms with Gasteiger partial charge >= 0.3 is 0 Å². The molecule has 3 rings (SSSR count). The summed E-state index contributed by atoms with van der Waals surface area (Å²) in [6.45, 7) is 4.76. The zero-order chi connectivity index (χ0) is 19.2. The van der Waals surface area contributed by atoms with E-state index in [9.17, 15) is 4.79 Å². The van der Waals surface area contributed by atoms with Gasteiger partial charge in [-0.2, -0.15) is 0 Å². The number of furan rings is 1. The maximum absolute atomic E-state index is 12.3. The van der Waals surface area contributed by atoms with Crippen LogP contribution in [0.15, 0.2) is 46.2 Å². The summed E-state index contributed by atoms with van der Waals surface area (Å²) in [4.78, 5) is 12.3. The van der Waals surface area contributed by atoms with Gasteiger partial charge in [0, 0.05) is 18.3 Å². The van der Waals surface area contributed by atoms with Crippen LogP contribution in [0.4, 0.5) is 5.69 Å². The van der Waals surface area contributed by atoms with Crippen LogP contribution in [-0.4, -0.2) is 33.5 Å². The van der Waals surface area contributed by atoms with Crippen LogP contribution >= 0.6 is 11.8 Å². The molecule has 2 heterocycles. The summed E-state index contributed by atoms with van der Waals surface area (Å²) in [5, 5.41) is 12.2. The Kier molecular flexibility index (Phi) is 6.18. The van der Waals surface area contributed by atoms with E-state index in [2.05, 4.69) is 22.4 Å². The number of aryl methyl sites for hydroxylation is 1. The normalized spacial score (nSPS) is 10.8. The minimum atomic E-state index is -0.111. The molecule has 1 amide bonds. The highest BCUT2D eigenvalue weighted by molar-refractivity contribution is 7.99. The number of anilines is 1. The van der Waals surface area contributed by atoms with E-state index in [4.69, 9.17) is 9.15 Å². The molecule has 0 atom stereocenters. The van der Waals surface area contributed by atoms with Gasteiger partial charge in [-0.25, -0.2) is 0 Å². The fourth-order valence-electron chi connectivity index (χ4n) is 2.66. The molecule has 27 heavy (non-hydrogen) atoms. The number of thioether (sulfide) groups is 1. The van der Waals surface area contributed by atoms with Crippen molar-refractivity contribution in [2.45, 2.75) is 32.0 Å². The molecule has 1 N–H and O–H groups in total. The number of rotatable bonds is 8. The van der Waals surface area contributed by atoms with Crippen molar-refractivity contribution in [1.29, 1.82) is 0 Å². The molecule has 8 heteroatoms. The monoisotopic (exact) mass is 386 g/mol. The minimum Gasteiger partial charge on any atom is -0.497 e. The van der Waals surface area contributed by atoms with Crippen LogP contribution in [0.5, 0.6) is 5.75 Å². The third-order valence-electron chi connectivity index (χ3n) is 3.95. The first-order chi connectivity index (χ1) is 13.1. The predicted molar refractivity (Wildman–Crippen MR) is 105 cm³/mol. The Morgan fingerprint density at radius 3 is 2.89 bits per heavy atom. The van der Waals surface area contributed by atoms with Crippen molar-refractivity contribution in [2.24, 2.45) is 0 Å². The molecule has 0 aliphatic rings. The van der Waals surface area contributed by atoms with Gasteiger partial charge in [0.15, 0.2) is 11.0 Å². The Balaban J connectivity index is 1.69.